The van der Waals surface area contributed by atoms with E-state index in [2.05, 4.69) is 15.4 Å². The van der Waals surface area contributed by atoms with Gasteiger partial charge in [-0.25, -0.2) is 0 Å². The molecular weight excluding hydrogens is 414 g/mol. The summed E-state index contributed by atoms with van der Waals surface area (Å²) in [4.78, 5) is 30.9. The van der Waals surface area contributed by atoms with Gasteiger partial charge in [0, 0.05) is 29.3 Å². The van der Waals surface area contributed by atoms with Gasteiger partial charge in [0.2, 0.25) is 11.7 Å². The summed E-state index contributed by atoms with van der Waals surface area (Å²) in [6.45, 7) is 7.95. The Bertz CT molecular complexity index is 1340. The van der Waals surface area contributed by atoms with Crippen molar-refractivity contribution in [2.24, 2.45) is 0 Å². The Kier molecular flexibility index (Phi) is 6.40. The van der Waals surface area contributed by atoms with Gasteiger partial charge < -0.3 is 9.88 Å². The summed E-state index contributed by atoms with van der Waals surface area (Å²) in [6, 6.07) is 17.7. The molecular formula is C26H29N5O2. The molecule has 0 aliphatic heterocycles. The quantitative estimate of drug-likeness (QED) is 0.472. The van der Waals surface area contributed by atoms with Crippen molar-refractivity contribution < 1.29 is 4.79 Å². The van der Waals surface area contributed by atoms with Gasteiger partial charge in [-0.3, -0.25) is 9.59 Å². The van der Waals surface area contributed by atoms with Crippen LogP contribution in [0.3, 0.4) is 0 Å². The molecule has 0 unspecified atom stereocenters. The lowest BCUT2D eigenvalue weighted by molar-refractivity contribution is -0.122. The Hall–Kier alpha value is -3.74. The van der Waals surface area contributed by atoms with Crippen LogP contribution < -0.4 is 10.9 Å². The molecule has 0 spiro atoms. The minimum atomic E-state index is -0.212. The van der Waals surface area contributed by atoms with Gasteiger partial charge in [-0.2, -0.15) is 9.50 Å². The maximum absolute atomic E-state index is 13.5. The molecule has 1 amide bonds. The number of nitrogens with zero attached hydrogens (tertiary/aromatic N) is 4. The second-order valence-electron chi connectivity index (χ2n) is 8.51. The summed E-state index contributed by atoms with van der Waals surface area (Å²) in [7, 11) is 0. The van der Waals surface area contributed by atoms with Crippen LogP contribution in [0.25, 0.3) is 17.2 Å². The Morgan fingerprint density at radius 2 is 1.76 bits per heavy atom. The Morgan fingerprint density at radius 3 is 2.42 bits per heavy atom. The smallest absolute Gasteiger partial charge is 0.279 e. The maximum atomic E-state index is 13.5. The number of fused-ring (bicyclic) bond motifs is 1. The van der Waals surface area contributed by atoms with Crippen LogP contribution in [0, 0.1) is 13.8 Å². The fourth-order valence-electron chi connectivity index (χ4n) is 3.79. The van der Waals surface area contributed by atoms with E-state index in [0.29, 0.717) is 23.6 Å². The van der Waals surface area contributed by atoms with E-state index < -0.39 is 0 Å². The zero-order valence-corrected chi connectivity index (χ0v) is 19.5. The third-order valence-corrected chi connectivity index (χ3v) is 5.98. The van der Waals surface area contributed by atoms with Gasteiger partial charge in [-0.15, -0.1) is 5.10 Å². The van der Waals surface area contributed by atoms with Crippen LogP contribution in [0.1, 0.15) is 42.7 Å². The molecule has 0 aliphatic rings. The van der Waals surface area contributed by atoms with Gasteiger partial charge in [0.25, 0.3) is 5.56 Å². The van der Waals surface area contributed by atoms with Gasteiger partial charge in [0.1, 0.15) is 6.54 Å². The topological polar surface area (TPSA) is 81.3 Å². The lowest BCUT2D eigenvalue weighted by atomic mass is 10.0. The van der Waals surface area contributed by atoms with Gasteiger partial charge >= 0.3 is 0 Å². The molecule has 170 valence electrons. The zero-order valence-electron chi connectivity index (χ0n) is 19.5. The number of nitrogens with one attached hydrogen (secondary N) is 1. The lowest BCUT2D eigenvalue weighted by Gasteiger charge is -2.17. The van der Waals surface area contributed by atoms with Crippen LogP contribution in [0.15, 0.2) is 59.4 Å². The van der Waals surface area contributed by atoms with Gasteiger partial charge in [-0.1, -0.05) is 67.1 Å². The molecule has 2 heterocycles. The van der Waals surface area contributed by atoms with Crippen molar-refractivity contribution in [1.82, 2.24) is 24.5 Å². The second kappa shape index (κ2) is 9.40. The van der Waals surface area contributed by atoms with Crippen LogP contribution in [0.2, 0.25) is 0 Å². The number of aromatic nitrogens is 4. The molecule has 0 aliphatic carbocycles. The molecule has 0 radical (unpaired) electrons. The molecule has 0 saturated heterocycles. The first-order valence-electron chi connectivity index (χ1n) is 11.3. The standard InChI is InChI=1S/C26H29N5O2/c1-5-18(3)27-23(32)16-30-19(4)22(15-20-9-7-6-8-10-20)25(33)31-26(30)28-24(29-31)21-13-11-17(2)12-14-21/h6-14,18H,5,15-16H2,1-4H3,(H,27,32)/t18-/m1/s1. The van der Waals surface area contributed by atoms with Crippen molar-refractivity contribution in [1.29, 1.82) is 0 Å². The molecule has 4 aromatic rings. The minimum Gasteiger partial charge on any atom is -0.352 e. The zero-order chi connectivity index (χ0) is 23.5. The third-order valence-electron chi connectivity index (χ3n) is 5.98. The molecule has 7 nitrogen and oxygen atoms in total. The summed E-state index contributed by atoms with van der Waals surface area (Å²) < 4.78 is 3.12. The number of rotatable bonds is 7. The van der Waals surface area contributed by atoms with E-state index in [1.165, 1.54) is 4.52 Å². The summed E-state index contributed by atoms with van der Waals surface area (Å²) in [5.74, 6) is 0.701. The number of carbonyl (C=O) groups is 1. The highest BCUT2D eigenvalue weighted by Crippen LogP contribution is 2.19. The van der Waals surface area contributed by atoms with Crippen molar-refractivity contribution in [2.75, 3.05) is 0 Å². The summed E-state index contributed by atoms with van der Waals surface area (Å²) in [5, 5.41) is 7.54. The van der Waals surface area contributed by atoms with E-state index in [4.69, 9.17) is 0 Å². The van der Waals surface area contributed by atoms with E-state index in [-0.39, 0.29) is 24.1 Å². The highest BCUT2D eigenvalue weighted by molar-refractivity contribution is 5.76. The van der Waals surface area contributed by atoms with Gasteiger partial charge in [-0.05, 0) is 32.8 Å². The maximum Gasteiger partial charge on any atom is 0.279 e. The number of hydrogen-bond acceptors (Lipinski definition) is 4. The van der Waals surface area contributed by atoms with Crippen molar-refractivity contribution in [3.63, 3.8) is 0 Å². The first-order valence-corrected chi connectivity index (χ1v) is 11.3. The molecule has 2 aromatic carbocycles. The van der Waals surface area contributed by atoms with Crippen LogP contribution in [0.4, 0.5) is 0 Å². The van der Waals surface area contributed by atoms with E-state index in [1.54, 1.807) is 4.57 Å². The highest BCUT2D eigenvalue weighted by Gasteiger charge is 2.20. The second-order valence-corrected chi connectivity index (χ2v) is 8.51. The molecule has 33 heavy (non-hydrogen) atoms. The first-order chi connectivity index (χ1) is 15.9. The highest BCUT2D eigenvalue weighted by atomic mass is 16.2. The molecule has 2 aromatic heterocycles. The SMILES string of the molecule is CC[C@@H](C)NC(=O)Cn1c(C)c(Cc2ccccc2)c(=O)n2nc(-c3ccc(C)cc3)nc12. The number of amides is 1. The fraction of sp³-hybridized carbons (Fsp3) is 0.308. The van der Waals surface area contributed by atoms with Crippen LogP contribution in [-0.2, 0) is 17.8 Å². The normalized spacial score (nSPS) is 12.1. The average Bonchev–Trinajstić information content (AvgIpc) is 3.26. The number of benzene rings is 2. The van der Waals surface area contributed by atoms with Crippen LogP contribution in [0.5, 0.6) is 0 Å². The number of carbonyl (C=O) groups excluding carboxylic acids is 1. The number of aryl methyl sites for hydroxylation is 1. The monoisotopic (exact) mass is 443 g/mol. The van der Waals surface area contributed by atoms with E-state index >= 15 is 0 Å². The summed E-state index contributed by atoms with van der Waals surface area (Å²) in [5.41, 5.74) is 4.08. The molecule has 1 atom stereocenters. The summed E-state index contributed by atoms with van der Waals surface area (Å²) in [6.07, 6.45) is 1.29. The van der Waals surface area contributed by atoms with Crippen LogP contribution >= 0.6 is 0 Å². The van der Waals surface area contributed by atoms with Crippen molar-refractivity contribution in [3.8, 4) is 11.4 Å². The first kappa shape index (κ1) is 22.5. The Morgan fingerprint density at radius 1 is 1.06 bits per heavy atom. The number of hydrogen-bond donors (Lipinski definition) is 1. The molecule has 4 rings (SSSR count). The predicted molar refractivity (Wildman–Crippen MR) is 129 cm³/mol. The minimum absolute atomic E-state index is 0.0633. The Balaban J connectivity index is 1.86. The van der Waals surface area contributed by atoms with Crippen molar-refractivity contribution in [2.45, 2.75) is 53.1 Å². The summed E-state index contributed by atoms with van der Waals surface area (Å²) >= 11 is 0. The lowest BCUT2D eigenvalue weighted by Crippen LogP contribution is -2.36. The van der Waals surface area contributed by atoms with E-state index in [1.807, 2.05) is 82.3 Å². The fourth-order valence-corrected chi connectivity index (χ4v) is 3.79. The molecule has 7 heteroatoms. The average molecular weight is 444 g/mol. The molecule has 0 fully saturated rings. The third kappa shape index (κ3) is 4.72. The van der Waals surface area contributed by atoms with E-state index in [0.717, 1.165) is 28.8 Å². The van der Waals surface area contributed by atoms with Crippen molar-refractivity contribution in [3.05, 3.63) is 87.3 Å². The van der Waals surface area contributed by atoms with Crippen molar-refractivity contribution >= 4 is 11.7 Å². The predicted octanol–water partition coefficient (Wildman–Crippen LogP) is 3.68. The Labute approximate surface area is 193 Å². The molecule has 0 bridgehead atoms. The molecule has 1 N–H and O–H groups in total. The largest absolute Gasteiger partial charge is 0.352 e. The van der Waals surface area contributed by atoms with Gasteiger partial charge in [0.05, 0.1) is 0 Å². The van der Waals surface area contributed by atoms with Crippen LogP contribution in [-0.4, -0.2) is 31.1 Å². The molecule has 0 saturated carbocycles. The van der Waals surface area contributed by atoms with Gasteiger partial charge in [0.15, 0.2) is 5.82 Å². The van der Waals surface area contributed by atoms with E-state index in [9.17, 15) is 9.59 Å².